The fraction of sp³-hybridized carbons (Fsp3) is 0.353. The summed E-state index contributed by atoms with van der Waals surface area (Å²) >= 11 is 0. The van der Waals surface area contributed by atoms with Crippen LogP contribution >= 0.6 is 0 Å². The predicted molar refractivity (Wildman–Crippen MR) is 90.1 cm³/mol. The van der Waals surface area contributed by atoms with Crippen molar-refractivity contribution in [3.05, 3.63) is 66.0 Å². The lowest BCUT2D eigenvalue weighted by Crippen LogP contribution is -2.59. The Kier molecular flexibility index (Phi) is 4.75. The van der Waals surface area contributed by atoms with E-state index in [1.54, 1.807) is 16.7 Å². The minimum Gasteiger partial charge on any atom is -0.296 e. The molecular weight excluding hydrogens is 310 g/mol. The van der Waals surface area contributed by atoms with Crippen molar-refractivity contribution >= 4 is 10.0 Å². The summed E-state index contributed by atoms with van der Waals surface area (Å²) in [4.78, 5) is 6.33. The number of likely N-dealkylation sites (tertiary alicyclic amines) is 1. The van der Waals surface area contributed by atoms with Crippen LogP contribution in [0.3, 0.4) is 0 Å². The average molecular weight is 331 g/mol. The van der Waals surface area contributed by atoms with Crippen molar-refractivity contribution in [2.24, 2.45) is 0 Å². The minimum atomic E-state index is -3.24. The monoisotopic (exact) mass is 331 g/mol. The number of nitrogens with zero attached hydrogens (tertiary/aromatic N) is 3. The van der Waals surface area contributed by atoms with Crippen LogP contribution in [0.15, 0.2) is 54.9 Å². The van der Waals surface area contributed by atoms with Crippen molar-refractivity contribution < 1.29 is 8.42 Å². The minimum absolute atomic E-state index is 0.0360. The van der Waals surface area contributed by atoms with E-state index in [4.69, 9.17) is 0 Å². The first-order valence-electron chi connectivity index (χ1n) is 7.64. The van der Waals surface area contributed by atoms with E-state index in [9.17, 15) is 8.42 Å². The predicted octanol–water partition coefficient (Wildman–Crippen LogP) is 1.73. The van der Waals surface area contributed by atoms with E-state index in [2.05, 4.69) is 22.0 Å². The van der Waals surface area contributed by atoms with Crippen molar-refractivity contribution in [1.82, 2.24) is 14.2 Å². The molecule has 1 aromatic carbocycles. The van der Waals surface area contributed by atoms with Gasteiger partial charge in [-0.25, -0.2) is 8.42 Å². The van der Waals surface area contributed by atoms with Crippen LogP contribution in [-0.2, 0) is 23.1 Å². The molecule has 0 unspecified atom stereocenters. The van der Waals surface area contributed by atoms with Gasteiger partial charge in [-0.1, -0.05) is 36.4 Å². The van der Waals surface area contributed by atoms with Gasteiger partial charge >= 0.3 is 0 Å². The molecule has 6 heteroatoms. The summed E-state index contributed by atoms with van der Waals surface area (Å²) in [6.07, 6.45) is 4.70. The summed E-state index contributed by atoms with van der Waals surface area (Å²) < 4.78 is 25.8. The molecule has 122 valence electrons. The Morgan fingerprint density at radius 1 is 1.13 bits per heavy atom. The van der Waals surface area contributed by atoms with Crippen LogP contribution in [-0.4, -0.2) is 48.0 Å². The quantitative estimate of drug-likeness (QED) is 0.809. The van der Waals surface area contributed by atoms with Crippen LogP contribution in [0.25, 0.3) is 0 Å². The molecule has 0 atom stereocenters. The van der Waals surface area contributed by atoms with Crippen LogP contribution in [0.2, 0.25) is 0 Å². The summed E-state index contributed by atoms with van der Waals surface area (Å²) in [5, 5.41) is 0. The van der Waals surface area contributed by atoms with E-state index in [1.165, 1.54) is 11.8 Å². The van der Waals surface area contributed by atoms with E-state index < -0.39 is 10.0 Å². The highest BCUT2D eigenvalue weighted by molar-refractivity contribution is 7.88. The molecule has 1 aliphatic rings. The fourth-order valence-corrected chi connectivity index (χ4v) is 3.94. The maximum Gasteiger partial charge on any atom is 0.211 e. The molecule has 0 radical (unpaired) electrons. The Balaban J connectivity index is 1.62. The fourth-order valence-electron chi connectivity index (χ4n) is 2.88. The van der Waals surface area contributed by atoms with Gasteiger partial charge in [0.15, 0.2) is 0 Å². The first-order valence-corrected chi connectivity index (χ1v) is 9.49. The Labute approximate surface area is 137 Å². The van der Waals surface area contributed by atoms with Gasteiger partial charge in [-0.15, -0.1) is 0 Å². The third-order valence-electron chi connectivity index (χ3n) is 4.08. The van der Waals surface area contributed by atoms with Gasteiger partial charge in [0.2, 0.25) is 10.0 Å². The molecule has 0 N–H and O–H groups in total. The maximum absolute atomic E-state index is 12.1. The summed E-state index contributed by atoms with van der Waals surface area (Å²) in [5.41, 5.74) is 2.17. The molecule has 0 bridgehead atoms. The number of rotatable bonds is 6. The summed E-state index contributed by atoms with van der Waals surface area (Å²) in [5.74, 6) is 0. The lowest BCUT2D eigenvalue weighted by Gasteiger charge is -2.44. The largest absolute Gasteiger partial charge is 0.296 e. The number of pyridine rings is 1. The number of benzene rings is 1. The average Bonchev–Trinajstić information content (AvgIpc) is 2.50. The Morgan fingerprint density at radius 3 is 2.43 bits per heavy atom. The van der Waals surface area contributed by atoms with Gasteiger partial charge in [0.1, 0.15) is 0 Å². The van der Waals surface area contributed by atoms with Crippen molar-refractivity contribution in [3.63, 3.8) is 0 Å². The van der Waals surface area contributed by atoms with Crippen molar-refractivity contribution in [3.8, 4) is 0 Å². The lowest BCUT2D eigenvalue weighted by atomic mass is 10.1. The molecule has 0 saturated carbocycles. The molecule has 23 heavy (non-hydrogen) atoms. The van der Waals surface area contributed by atoms with Crippen LogP contribution in [0.5, 0.6) is 0 Å². The van der Waals surface area contributed by atoms with Gasteiger partial charge in [0, 0.05) is 38.6 Å². The lowest BCUT2D eigenvalue weighted by molar-refractivity contribution is 0.0699. The van der Waals surface area contributed by atoms with Gasteiger partial charge < -0.3 is 0 Å². The molecule has 0 spiro atoms. The van der Waals surface area contributed by atoms with E-state index in [1.807, 2.05) is 30.3 Å². The molecule has 2 heterocycles. The summed E-state index contributed by atoms with van der Waals surface area (Å²) in [7, 11) is -3.24. The van der Waals surface area contributed by atoms with Crippen LogP contribution in [0.4, 0.5) is 0 Å². The molecule has 2 aromatic rings. The van der Waals surface area contributed by atoms with Crippen molar-refractivity contribution in [2.45, 2.75) is 19.1 Å². The summed E-state index contributed by atoms with van der Waals surface area (Å²) in [6.45, 7) is 2.78. The van der Waals surface area contributed by atoms with Crippen molar-refractivity contribution in [2.75, 3.05) is 19.3 Å². The smallest absolute Gasteiger partial charge is 0.211 e. The highest BCUT2D eigenvalue weighted by Gasteiger charge is 2.36. The van der Waals surface area contributed by atoms with Crippen molar-refractivity contribution in [1.29, 1.82) is 0 Å². The second kappa shape index (κ2) is 6.78. The highest BCUT2D eigenvalue weighted by atomic mass is 32.2. The zero-order valence-electron chi connectivity index (χ0n) is 13.2. The standard InChI is InChI=1S/C17H21N3O2S/c1-23(21,22)20(12-16-8-5-9-18-10-16)17-13-19(14-17)11-15-6-3-2-4-7-15/h2-10,17H,11-14H2,1H3. The molecule has 3 rings (SSSR count). The highest BCUT2D eigenvalue weighted by Crippen LogP contribution is 2.22. The van der Waals surface area contributed by atoms with E-state index in [0.29, 0.717) is 6.54 Å². The second-order valence-electron chi connectivity index (χ2n) is 6.00. The molecule has 5 nitrogen and oxygen atoms in total. The molecular formula is C17H21N3O2S. The first-order chi connectivity index (χ1) is 11.0. The Morgan fingerprint density at radius 2 is 1.83 bits per heavy atom. The molecule has 1 aliphatic heterocycles. The third kappa shape index (κ3) is 4.16. The van der Waals surface area contributed by atoms with E-state index in [0.717, 1.165) is 25.2 Å². The number of sulfonamides is 1. The SMILES string of the molecule is CS(=O)(=O)N(Cc1cccnc1)C1CN(Cc2ccccc2)C1. The Hall–Kier alpha value is -1.76. The van der Waals surface area contributed by atoms with Gasteiger partial charge in [0.25, 0.3) is 0 Å². The molecule has 0 amide bonds. The normalized spacial score (nSPS) is 16.4. The second-order valence-corrected chi connectivity index (χ2v) is 7.94. The Bertz CT molecular complexity index is 729. The topological polar surface area (TPSA) is 53.5 Å². The summed E-state index contributed by atoms with van der Waals surface area (Å²) in [6, 6.07) is 14.0. The van der Waals surface area contributed by atoms with Crippen LogP contribution in [0, 0.1) is 0 Å². The zero-order valence-corrected chi connectivity index (χ0v) is 14.0. The number of hydrogen-bond acceptors (Lipinski definition) is 4. The maximum atomic E-state index is 12.1. The van der Waals surface area contributed by atoms with Gasteiger partial charge in [-0.05, 0) is 17.2 Å². The molecule has 0 aliphatic carbocycles. The molecule has 1 fully saturated rings. The van der Waals surface area contributed by atoms with Gasteiger partial charge in [0.05, 0.1) is 12.3 Å². The number of aromatic nitrogens is 1. The van der Waals surface area contributed by atoms with E-state index >= 15 is 0 Å². The first kappa shape index (κ1) is 16.1. The van der Waals surface area contributed by atoms with E-state index in [-0.39, 0.29) is 6.04 Å². The van der Waals surface area contributed by atoms with Gasteiger partial charge in [-0.3, -0.25) is 9.88 Å². The molecule has 1 aromatic heterocycles. The molecule has 1 saturated heterocycles. The third-order valence-corrected chi connectivity index (χ3v) is 5.36. The van der Waals surface area contributed by atoms with Gasteiger partial charge in [-0.2, -0.15) is 4.31 Å². The number of hydrogen-bond donors (Lipinski definition) is 0. The zero-order chi connectivity index (χ0) is 16.3. The van der Waals surface area contributed by atoms with Crippen LogP contribution < -0.4 is 0 Å². The van der Waals surface area contributed by atoms with Crippen LogP contribution in [0.1, 0.15) is 11.1 Å².